The molecule has 1 spiro atoms. The SMILES string of the molecule is C#CCN(CCC)C(=O)C1CC12CCNCC2. The van der Waals surface area contributed by atoms with Gasteiger partial charge >= 0.3 is 0 Å². The summed E-state index contributed by atoms with van der Waals surface area (Å²) in [5, 5.41) is 3.36. The smallest absolute Gasteiger partial charge is 0.227 e. The third-order valence-corrected chi connectivity index (χ3v) is 4.17. The highest BCUT2D eigenvalue weighted by molar-refractivity contribution is 5.83. The fourth-order valence-electron chi connectivity index (χ4n) is 3.04. The second-order valence-corrected chi connectivity index (χ2v) is 5.33. The van der Waals surface area contributed by atoms with E-state index in [-0.39, 0.29) is 5.92 Å². The summed E-state index contributed by atoms with van der Waals surface area (Å²) in [7, 11) is 0. The molecule has 2 aliphatic rings. The molecule has 0 radical (unpaired) electrons. The zero-order chi connectivity index (χ0) is 12.3. The predicted molar refractivity (Wildman–Crippen MR) is 68.3 cm³/mol. The molecule has 17 heavy (non-hydrogen) atoms. The van der Waals surface area contributed by atoms with E-state index in [2.05, 4.69) is 18.2 Å². The molecule has 1 saturated heterocycles. The molecule has 3 nitrogen and oxygen atoms in total. The first-order valence-electron chi connectivity index (χ1n) is 6.66. The van der Waals surface area contributed by atoms with Crippen LogP contribution in [0.15, 0.2) is 0 Å². The van der Waals surface area contributed by atoms with Gasteiger partial charge in [0.25, 0.3) is 0 Å². The molecule has 94 valence electrons. The summed E-state index contributed by atoms with van der Waals surface area (Å²) in [5.41, 5.74) is 0.322. The Morgan fingerprint density at radius 2 is 2.24 bits per heavy atom. The minimum Gasteiger partial charge on any atom is -0.331 e. The van der Waals surface area contributed by atoms with Gasteiger partial charge in [-0.15, -0.1) is 6.42 Å². The van der Waals surface area contributed by atoms with Gasteiger partial charge in [-0.2, -0.15) is 0 Å². The zero-order valence-corrected chi connectivity index (χ0v) is 10.7. The van der Waals surface area contributed by atoms with E-state index in [1.807, 2.05) is 4.90 Å². The number of nitrogens with zero attached hydrogens (tertiary/aromatic N) is 1. The number of terminal acetylenes is 1. The van der Waals surface area contributed by atoms with Gasteiger partial charge in [-0.25, -0.2) is 0 Å². The van der Waals surface area contributed by atoms with Crippen LogP contribution in [0.2, 0.25) is 0 Å². The number of piperidine rings is 1. The van der Waals surface area contributed by atoms with Crippen LogP contribution < -0.4 is 5.32 Å². The van der Waals surface area contributed by atoms with E-state index in [0.29, 0.717) is 17.9 Å². The Bertz CT molecular complexity index is 326. The first-order chi connectivity index (χ1) is 8.23. The first kappa shape index (κ1) is 12.4. The Hall–Kier alpha value is -1.01. The highest BCUT2D eigenvalue weighted by atomic mass is 16.2. The maximum absolute atomic E-state index is 12.4. The molecule has 0 aromatic heterocycles. The largest absolute Gasteiger partial charge is 0.331 e. The molecular weight excluding hydrogens is 212 g/mol. The van der Waals surface area contributed by atoms with Crippen molar-refractivity contribution in [3.8, 4) is 12.3 Å². The van der Waals surface area contributed by atoms with Crippen molar-refractivity contribution in [1.82, 2.24) is 10.2 Å². The number of hydrogen-bond donors (Lipinski definition) is 1. The van der Waals surface area contributed by atoms with Crippen molar-refractivity contribution in [2.45, 2.75) is 32.6 Å². The van der Waals surface area contributed by atoms with Gasteiger partial charge in [-0.1, -0.05) is 12.8 Å². The van der Waals surface area contributed by atoms with E-state index in [1.165, 1.54) is 0 Å². The second kappa shape index (κ2) is 5.10. The highest BCUT2D eigenvalue weighted by Crippen LogP contribution is 2.59. The van der Waals surface area contributed by atoms with E-state index in [0.717, 1.165) is 45.3 Å². The van der Waals surface area contributed by atoms with Crippen LogP contribution in [-0.4, -0.2) is 37.0 Å². The number of carbonyl (C=O) groups is 1. The van der Waals surface area contributed by atoms with Crippen LogP contribution in [0.3, 0.4) is 0 Å². The van der Waals surface area contributed by atoms with Crippen LogP contribution in [-0.2, 0) is 4.79 Å². The zero-order valence-electron chi connectivity index (χ0n) is 10.7. The van der Waals surface area contributed by atoms with Crippen LogP contribution in [0, 0.1) is 23.7 Å². The lowest BCUT2D eigenvalue weighted by Gasteiger charge is -2.26. The average molecular weight is 234 g/mol. The quantitative estimate of drug-likeness (QED) is 0.742. The molecule has 1 atom stereocenters. The van der Waals surface area contributed by atoms with Gasteiger partial charge in [-0.3, -0.25) is 4.79 Å². The average Bonchev–Trinajstić information content (AvgIpc) is 3.03. The first-order valence-corrected chi connectivity index (χ1v) is 6.66. The lowest BCUT2D eigenvalue weighted by atomic mass is 9.91. The number of amides is 1. The van der Waals surface area contributed by atoms with Crippen molar-refractivity contribution in [1.29, 1.82) is 0 Å². The fourth-order valence-corrected chi connectivity index (χ4v) is 3.04. The van der Waals surface area contributed by atoms with E-state index in [1.54, 1.807) is 0 Å². The molecule has 1 amide bonds. The molecule has 2 fully saturated rings. The molecule has 0 bridgehead atoms. The normalized spacial score (nSPS) is 25.3. The summed E-state index contributed by atoms with van der Waals surface area (Å²) < 4.78 is 0. The minimum absolute atomic E-state index is 0.254. The van der Waals surface area contributed by atoms with E-state index < -0.39 is 0 Å². The molecule has 3 heteroatoms. The number of carbonyl (C=O) groups excluding carboxylic acids is 1. The van der Waals surface area contributed by atoms with Crippen molar-refractivity contribution in [3.63, 3.8) is 0 Å². The van der Waals surface area contributed by atoms with Crippen LogP contribution in [0.5, 0.6) is 0 Å². The molecule has 1 saturated carbocycles. The van der Waals surface area contributed by atoms with Gasteiger partial charge in [-0.05, 0) is 44.2 Å². The lowest BCUT2D eigenvalue weighted by molar-refractivity contribution is -0.133. The van der Waals surface area contributed by atoms with E-state index in [9.17, 15) is 4.79 Å². The Labute approximate surface area is 104 Å². The van der Waals surface area contributed by atoms with Gasteiger partial charge in [0.1, 0.15) is 0 Å². The van der Waals surface area contributed by atoms with Crippen LogP contribution in [0.25, 0.3) is 0 Å². The summed E-state index contributed by atoms with van der Waals surface area (Å²) in [6.45, 7) is 5.48. The Kier molecular flexibility index (Phi) is 3.73. The van der Waals surface area contributed by atoms with Crippen LogP contribution >= 0.6 is 0 Å². The molecule has 1 unspecified atom stereocenters. The molecule has 1 aliphatic carbocycles. The highest BCUT2D eigenvalue weighted by Gasteiger charge is 2.58. The summed E-state index contributed by atoms with van der Waals surface area (Å²) in [6.07, 6.45) is 9.70. The monoisotopic (exact) mass is 234 g/mol. The van der Waals surface area contributed by atoms with Gasteiger partial charge in [0.2, 0.25) is 5.91 Å². The standard InChI is InChI=1S/C14H22N2O/c1-3-9-16(10-4-2)13(17)12-11-14(12)5-7-15-8-6-14/h1,12,15H,4-11H2,2H3. The number of hydrogen-bond acceptors (Lipinski definition) is 2. The maximum atomic E-state index is 12.4. The molecular formula is C14H22N2O. The van der Waals surface area contributed by atoms with Crippen LogP contribution in [0.1, 0.15) is 32.6 Å². The maximum Gasteiger partial charge on any atom is 0.227 e. The minimum atomic E-state index is 0.254. The molecule has 1 aliphatic heterocycles. The predicted octanol–water partition coefficient (Wildman–Crippen LogP) is 1.25. The van der Waals surface area contributed by atoms with Crippen molar-refractivity contribution < 1.29 is 4.79 Å². The molecule has 0 aromatic rings. The molecule has 0 aromatic carbocycles. The summed E-state index contributed by atoms with van der Waals surface area (Å²) in [4.78, 5) is 14.2. The third kappa shape index (κ3) is 2.47. The van der Waals surface area contributed by atoms with Gasteiger partial charge < -0.3 is 10.2 Å². The fraction of sp³-hybridized carbons (Fsp3) is 0.786. The van der Waals surface area contributed by atoms with E-state index in [4.69, 9.17) is 6.42 Å². The Morgan fingerprint density at radius 1 is 1.53 bits per heavy atom. The molecule has 1 N–H and O–H groups in total. The Morgan fingerprint density at radius 3 is 2.82 bits per heavy atom. The topological polar surface area (TPSA) is 32.3 Å². The third-order valence-electron chi connectivity index (χ3n) is 4.17. The number of rotatable bonds is 4. The number of nitrogens with one attached hydrogen (secondary N) is 1. The van der Waals surface area contributed by atoms with Gasteiger partial charge in [0.05, 0.1) is 6.54 Å². The second-order valence-electron chi connectivity index (χ2n) is 5.33. The van der Waals surface area contributed by atoms with Crippen molar-refractivity contribution in [2.24, 2.45) is 11.3 Å². The molecule has 2 rings (SSSR count). The molecule has 1 heterocycles. The van der Waals surface area contributed by atoms with Gasteiger partial charge in [0.15, 0.2) is 0 Å². The lowest BCUT2D eigenvalue weighted by Crippen LogP contribution is -2.37. The Balaban J connectivity index is 1.94. The summed E-state index contributed by atoms with van der Waals surface area (Å²) in [6, 6.07) is 0. The summed E-state index contributed by atoms with van der Waals surface area (Å²) in [5.74, 6) is 3.15. The van der Waals surface area contributed by atoms with Crippen molar-refractivity contribution in [3.05, 3.63) is 0 Å². The van der Waals surface area contributed by atoms with Gasteiger partial charge in [0, 0.05) is 12.5 Å². The van der Waals surface area contributed by atoms with Crippen molar-refractivity contribution in [2.75, 3.05) is 26.2 Å². The van der Waals surface area contributed by atoms with E-state index >= 15 is 0 Å². The summed E-state index contributed by atoms with van der Waals surface area (Å²) >= 11 is 0. The van der Waals surface area contributed by atoms with Crippen LogP contribution in [0.4, 0.5) is 0 Å². The van der Waals surface area contributed by atoms with Crippen molar-refractivity contribution >= 4 is 5.91 Å².